The summed E-state index contributed by atoms with van der Waals surface area (Å²) in [6.07, 6.45) is -1.72. The maximum absolute atomic E-state index is 9.26. The highest BCUT2D eigenvalue weighted by Crippen LogP contribution is 2.43. The van der Waals surface area contributed by atoms with E-state index in [0.29, 0.717) is 17.1 Å². The number of para-hydroxylation sites is 2. The maximum atomic E-state index is 9.26. The van der Waals surface area contributed by atoms with Gasteiger partial charge in [-0.3, -0.25) is 4.57 Å². The molecule has 1 aliphatic rings. The third kappa shape index (κ3) is 7.77. The Labute approximate surface area is 379 Å². The molecule has 0 atom stereocenters. The fourth-order valence-electron chi connectivity index (χ4n) is 8.25. The number of pyridine rings is 1. The number of benzene rings is 6. The number of hydrogen-bond acceptors (Lipinski definition) is 4. The number of rotatable bonds is 12. The van der Waals surface area contributed by atoms with E-state index in [9.17, 15) is 2.74 Å². The number of hydrogen-bond donors (Lipinski definition) is 0. The van der Waals surface area contributed by atoms with Crippen LogP contribution in [-0.2, 0) is 24.8 Å². The SMILES string of the molecule is [2H]c1c([2H])c([2H])c(-c2cccc(C([2H])([2H])C([2H])(C([2H])([2H])[2H])C([2H])([2H])[2H])c2CCCN2CN(c3cccc(COc4ccc5c6ccccc6n(-c6cc(C(C)(C)C)ccn6)c5c4)c3)c3cccc(C([2H])([2H])[2H])c32)c([2H])c1[2H]. The predicted octanol–water partition coefficient (Wildman–Crippen LogP) is 13.8. The second kappa shape index (κ2) is 16.4. The zero-order valence-electron chi connectivity index (χ0n) is 50.8. The van der Waals surface area contributed by atoms with Crippen molar-refractivity contribution in [2.45, 2.75) is 72.6 Å². The van der Waals surface area contributed by atoms with Crippen molar-refractivity contribution in [3.05, 3.63) is 179 Å². The van der Waals surface area contributed by atoms with Gasteiger partial charge in [-0.2, -0.15) is 0 Å². The van der Waals surface area contributed by atoms with Crippen LogP contribution in [0.5, 0.6) is 5.75 Å². The lowest BCUT2D eigenvalue weighted by Crippen LogP contribution is -2.29. The molecule has 1 aliphatic heterocycles. The van der Waals surface area contributed by atoms with Crippen LogP contribution in [-0.4, -0.2) is 22.8 Å². The topological polar surface area (TPSA) is 33.5 Å². The standard InChI is InChI=1S/C55H56N4O/c1-38(2)32-42-20-14-23-46(41-18-8-7-9-19-41)47(42)24-15-31-57-37-58(51-26-12-16-39(3)54(51)57)44-21-13-17-40(33-44)36-60-45-27-28-49-48-22-10-11-25-50(48)59(52(49)35-45)53-34-43(29-30-56-53)55(4,5)6/h7-14,16-23,25-30,33-35,38H,15,24,31-32,36-37H2,1-6H3/i1D3,2D3,3D3,7D,8D,9D,18D,19D,32D2,38D. The van der Waals surface area contributed by atoms with Crippen LogP contribution in [0.2, 0.25) is 0 Å². The van der Waals surface area contributed by atoms with E-state index in [1.807, 2.05) is 82.7 Å². The summed E-state index contributed by atoms with van der Waals surface area (Å²) >= 11 is 0. The van der Waals surface area contributed by atoms with E-state index < -0.39 is 68.6 Å². The van der Waals surface area contributed by atoms with Crippen LogP contribution in [0.4, 0.5) is 17.1 Å². The van der Waals surface area contributed by atoms with Crippen molar-refractivity contribution in [2.24, 2.45) is 5.89 Å². The summed E-state index contributed by atoms with van der Waals surface area (Å²) in [6, 6.07) is 31.6. The Morgan fingerprint density at radius 3 is 2.53 bits per heavy atom. The molecule has 2 aromatic heterocycles. The minimum absolute atomic E-state index is 0.0658. The third-order valence-corrected chi connectivity index (χ3v) is 11.1. The first kappa shape index (κ1) is 24.1. The fraction of sp³-hybridized carbons (Fsp3) is 0.255. The number of fused-ring (bicyclic) bond motifs is 4. The van der Waals surface area contributed by atoms with Gasteiger partial charge in [-0.05, 0) is 125 Å². The van der Waals surface area contributed by atoms with Gasteiger partial charge in [0, 0.05) is 51.7 Å². The molecule has 6 aromatic carbocycles. The van der Waals surface area contributed by atoms with Gasteiger partial charge in [-0.1, -0.05) is 125 Å². The van der Waals surface area contributed by atoms with E-state index in [2.05, 4.69) is 43.5 Å². The lowest BCUT2D eigenvalue weighted by atomic mass is 9.88. The molecule has 302 valence electrons. The Bertz CT molecular complexity index is 3530. The molecule has 0 saturated heterocycles. The molecule has 0 fully saturated rings. The molecule has 0 unspecified atom stereocenters. The Morgan fingerprint density at radius 1 is 0.850 bits per heavy atom. The van der Waals surface area contributed by atoms with Gasteiger partial charge in [-0.15, -0.1) is 0 Å². The van der Waals surface area contributed by atoms with Crippen LogP contribution in [0.15, 0.2) is 152 Å². The van der Waals surface area contributed by atoms with Gasteiger partial charge in [0.1, 0.15) is 18.2 Å². The Morgan fingerprint density at radius 2 is 1.68 bits per heavy atom. The number of anilines is 3. The van der Waals surface area contributed by atoms with E-state index in [-0.39, 0.29) is 60.3 Å². The predicted molar refractivity (Wildman–Crippen MR) is 252 cm³/mol. The van der Waals surface area contributed by atoms with Crippen molar-refractivity contribution >= 4 is 38.9 Å². The van der Waals surface area contributed by atoms with Gasteiger partial charge in [0.2, 0.25) is 0 Å². The molecule has 0 radical (unpaired) electrons. The highest BCUT2D eigenvalue weighted by molar-refractivity contribution is 6.09. The number of nitrogens with zero attached hydrogens (tertiary/aromatic N) is 4. The molecule has 9 rings (SSSR count). The molecule has 3 heterocycles. The minimum atomic E-state index is -3.73. The molecule has 0 saturated carbocycles. The number of aromatic nitrogens is 2. The van der Waals surface area contributed by atoms with Gasteiger partial charge in [0.15, 0.2) is 0 Å². The molecule has 0 spiro atoms. The van der Waals surface area contributed by atoms with Crippen molar-refractivity contribution in [3.63, 3.8) is 0 Å². The molecular formula is C55H56N4O. The normalized spacial score (nSPS) is 18.0. The van der Waals surface area contributed by atoms with E-state index in [1.165, 1.54) is 18.2 Å². The zero-order valence-corrected chi connectivity index (χ0v) is 33.8. The minimum Gasteiger partial charge on any atom is -0.489 e. The van der Waals surface area contributed by atoms with Crippen LogP contribution in [0.1, 0.15) is 92.0 Å². The van der Waals surface area contributed by atoms with Gasteiger partial charge < -0.3 is 14.5 Å². The Hall–Kier alpha value is -6.33. The smallest absolute Gasteiger partial charge is 0.137 e. The highest BCUT2D eigenvalue weighted by atomic mass is 16.5. The van der Waals surface area contributed by atoms with Crippen molar-refractivity contribution in [1.29, 1.82) is 0 Å². The second-order valence-electron chi connectivity index (χ2n) is 16.1. The van der Waals surface area contributed by atoms with Gasteiger partial charge in [-0.25, -0.2) is 4.98 Å². The zero-order chi connectivity index (χ0) is 55.9. The van der Waals surface area contributed by atoms with Crippen LogP contribution >= 0.6 is 0 Å². The molecule has 60 heavy (non-hydrogen) atoms. The van der Waals surface area contributed by atoms with Crippen molar-refractivity contribution in [3.8, 4) is 22.7 Å². The molecule has 8 aromatic rings. The summed E-state index contributed by atoms with van der Waals surface area (Å²) in [5.41, 5.74) is 4.62. The fourth-order valence-corrected chi connectivity index (χ4v) is 8.25. The summed E-state index contributed by atoms with van der Waals surface area (Å²) < 4.78 is 154. The maximum Gasteiger partial charge on any atom is 0.137 e. The van der Waals surface area contributed by atoms with Gasteiger partial charge in [0.25, 0.3) is 0 Å². The quantitative estimate of drug-likeness (QED) is 0.123. The van der Waals surface area contributed by atoms with Gasteiger partial charge >= 0.3 is 0 Å². The summed E-state index contributed by atoms with van der Waals surface area (Å²) in [5.74, 6) is -2.30. The van der Waals surface area contributed by atoms with Crippen molar-refractivity contribution in [1.82, 2.24) is 9.55 Å². The molecule has 5 heteroatoms. The lowest BCUT2D eigenvalue weighted by molar-refractivity contribution is 0.306. The highest BCUT2D eigenvalue weighted by Gasteiger charge is 2.28. The summed E-state index contributed by atoms with van der Waals surface area (Å²) in [4.78, 5) is 8.61. The third-order valence-electron chi connectivity index (χ3n) is 11.1. The molecule has 0 bridgehead atoms. The average Bonchev–Trinajstić information content (AvgIpc) is 3.94. The van der Waals surface area contributed by atoms with Crippen LogP contribution in [0.25, 0.3) is 38.8 Å². The molecule has 0 amide bonds. The van der Waals surface area contributed by atoms with E-state index in [4.69, 9.17) is 30.3 Å². The lowest BCUT2D eigenvalue weighted by Gasteiger charge is -2.23. The second-order valence-corrected chi connectivity index (χ2v) is 16.1. The van der Waals surface area contributed by atoms with Crippen LogP contribution in [0.3, 0.4) is 0 Å². The van der Waals surface area contributed by atoms with Crippen molar-refractivity contribution in [2.75, 3.05) is 23.0 Å². The van der Waals surface area contributed by atoms with Crippen LogP contribution in [0, 0.1) is 12.7 Å². The largest absolute Gasteiger partial charge is 0.489 e. The monoisotopic (exact) mass is 806 g/mol. The first-order chi connectivity index (χ1) is 36.0. The van der Waals surface area contributed by atoms with Crippen molar-refractivity contribution < 1.29 is 28.0 Å². The first-order valence-corrected chi connectivity index (χ1v) is 20.0. The summed E-state index contributed by atoms with van der Waals surface area (Å²) in [6.45, 7) is -3.03. The molecular weight excluding hydrogens is 733 g/mol. The molecule has 0 N–H and O–H groups in total. The number of ether oxygens (including phenoxy) is 1. The van der Waals surface area contributed by atoms with E-state index >= 15 is 0 Å². The van der Waals surface area contributed by atoms with E-state index in [1.54, 1.807) is 6.07 Å². The van der Waals surface area contributed by atoms with E-state index in [0.717, 1.165) is 50.5 Å². The van der Waals surface area contributed by atoms with Crippen LogP contribution < -0.4 is 14.5 Å². The average molecular weight is 806 g/mol. The Kier molecular flexibility index (Phi) is 6.57. The number of aryl methyl sites for hydroxylation is 1. The summed E-state index contributed by atoms with van der Waals surface area (Å²) in [7, 11) is 0. The molecule has 0 aliphatic carbocycles. The Balaban J connectivity index is 1.04. The molecule has 5 nitrogen and oxygen atoms in total. The van der Waals surface area contributed by atoms with Gasteiger partial charge in [0.05, 0.1) is 35.9 Å². The first-order valence-electron chi connectivity index (χ1n) is 28.5. The summed E-state index contributed by atoms with van der Waals surface area (Å²) in [5, 5.41) is 2.12.